The van der Waals surface area contributed by atoms with Gasteiger partial charge in [0.25, 0.3) is 0 Å². The third-order valence-corrected chi connectivity index (χ3v) is 2.72. The monoisotopic (exact) mass is 243 g/mol. The van der Waals surface area contributed by atoms with Gasteiger partial charge in [-0.05, 0) is 18.6 Å². The molecule has 1 heterocycles. The number of nitrogens with zero attached hydrogens (tertiary/aromatic N) is 2. The molecule has 0 radical (unpaired) electrons. The number of benzene rings is 1. The summed E-state index contributed by atoms with van der Waals surface area (Å²) in [4.78, 5) is 7.80. The molecule has 0 atom stereocenters. The number of aromatic nitrogens is 2. The van der Waals surface area contributed by atoms with Gasteiger partial charge in [0.1, 0.15) is 11.6 Å². The van der Waals surface area contributed by atoms with Gasteiger partial charge < -0.3 is 9.72 Å². The minimum Gasteiger partial charge on any atom is -0.493 e. The number of imidazole rings is 1. The van der Waals surface area contributed by atoms with Gasteiger partial charge in [0, 0.05) is 18.4 Å². The Hall–Kier alpha value is -2.02. The molecule has 0 aliphatic rings. The molecule has 0 unspecified atom stereocenters. The van der Waals surface area contributed by atoms with Crippen LogP contribution in [-0.2, 0) is 0 Å². The van der Waals surface area contributed by atoms with Crippen molar-refractivity contribution in [2.24, 2.45) is 0 Å². The van der Waals surface area contributed by atoms with Crippen molar-refractivity contribution in [3.63, 3.8) is 0 Å². The normalized spacial score (nSPS) is 10.8. The van der Waals surface area contributed by atoms with Crippen molar-refractivity contribution < 1.29 is 4.74 Å². The molecular formula is C14H17N3O. The van der Waals surface area contributed by atoms with E-state index in [0.29, 0.717) is 18.9 Å². The first kappa shape index (κ1) is 12.4. The van der Waals surface area contributed by atoms with Crippen molar-refractivity contribution >= 4 is 11.0 Å². The second-order valence-corrected chi connectivity index (χ2v) is 4.57. The lowest BCUT2D eigenvalue weighted by molar-refractivity contribution is 0.313. The van der Waals surface area contributed by atoms with E-state index >= 15 is 0 Å². The van der Waals surface area contributed by atoms with Crippen LogP contribution in [0.3, 0.4) is 0 Å². The highest BCUT2D eigenvalue weighted by Gasteiger charge is 2.07. The van der Waals surface area contributed by atoms with E-state index in [0.717, 1.165) is 29.0 Å². The molecule has 4 nitrogen and oxygen atoms in total. The molecule has 0 spiro atoms. The van der Waals surface area contributed by atoms with Gasteiger partial charge in [-0.25, -0.2) is 4.98 Å². The van der Waals surface area contributed by atoms with Crippen LogP contribution < -0.4 is 4.74 Å². The minimum absolute atomic E-state index is 0.386. The molecule has 0 saturated heterocycles. The molecule has 0 fully saturated rings. The van der Waals surface area contributed by atoms with Crippen LogP contribution >= 0.6 is 0 Å². The summed E-state index contributed by atoms with van der Waals surface area (Å²) in [5.74, 6) is 2.20. The van der Waals surface area contributed by atoms with Crippen LogP contribution in [0, 0.1) is 11.3 Å². The van der Waals surface area contributed by atoms with Crippen LogP contribution in [0.1, 0.15) is 38.4 Å². The van der Waals surface area contributed by atoms with Crippen LogP contribution in [0.2, 0.25) is 0 Å². The average molecular weight is 243 g/mol. The average Bonchev–Trinajstić information content (AvgIpc) is 2.78. The van der Waals surface area contributed by atoms with Gasteiger partial charge in [-0.1, -0.05) is 13.8 Å². The summed E-state index contributed by atoms with van der Waals surface area (Å²) in [6.07, 6.45) is 1.29. The number of rotatable bonds is 5. The third kappa shape index (κ3) is 2.80. The molecule has 18 heavy (non-hydrogen) atoms. The lowest BCUT2D eigenvalue weighted by atomic mass is 10.2. The first-order chi connectivity index (χ1) is 8.70. The lowest BCUT2D eigenvalue weighted by Gasteiger charge is -2.03. The fraction of sp³-hybridized carbons (Fsp3) is 0.429. The summed E-state index contributed by atoms with van der Waals surface area (Å²) >= 11 is 0. The van der Waals surface area contributed by atoms with Gasteiger partial charge in [0.05, 0.1) is 23.7 Å². The number of hydrogen-bond donors (Lipinski definition) is 1. The number of fused-ring (bicyclic) bond motifs is 1. The number of nitrogens with one attached hydrogen (secondary N) is 1. The van der Waals surface area contributed by atoms with Gasteiger partial charge in [0.2, 0.25) is 0 Å². The van der Waals surface area contributed by atoms with E-state index in [-0.39, 0.29) is 0 Å². The van der Waals surface area contributed by atoms with E-state index in [1.807, 2.05) is 18.2 Å². The van der Waals surface area contributed by atoms with Crippen LogP contribution in [0.5, 0.6) is 5.75 Å². The van der Waals surface area contributed by atoms with Crippen LogP contribution in [0.25, 0.3) is 11.0 Å². The fourth-order valence-corrected chi connectivity index (χ4v) is 1.71. The Morgan fingerprint density at radius 1 is 1.44 bits per heavy atom. The van der Waals surface area contributed by atoms with E-state index in [9.17, 15) is 0 Å². The van der Waals surface area contributed by atoms with E-state index in [1.165, 1.54) is 0 Å². The fourth-order valence-electron chi connectivity index (χ4n) is 1.71. The van der Waals surface area contributed by atoms with Gasteiger partial charge in [-0.2, -0.15) is 5.26 Å². The van der Waals surface area contributed by atoms with E-state index in [2.05, 4.69) is 29.9 Å². The van der Waals surface area contributed by atoms with Crippen molar-refractivity contribution in [1.29, 1.82) is 5.26 Å². The molecule has 1 aromatic heterocycles. The summed E-state index contributed by atoms with van der Waals surface area (Å²) in [5.41, 5.74) is 1.96. The number of aromatic amines is 1. The minimum atomic E-state index is 0.386. The largest absolute Gasteiger partial charge is 0.493 e. The quantitative estimate of drug-likeness (QED) is 0.819. The second-order valence-electron chi connectivity index (χ2n) is 4.57. The Morgan fingerprint density at radius 2 is 2.28 bits per heavy atom. The van der Waals surface area contributed by atoms with Crippen molar-refractivity contribution in [3.05, 3.63) is 24.0 Å². The van der Waals surface area contributed by atoms with Gasteiger partial charge in [0.15, 0.2) is 0 Å². The topological polar surface area (TPSA) is 61.7 Å². The van der Waals surface area contributed by atoms with Crippen LogP contribution in [-0.4, -0.2) is 16.6 Å². The Kier molecular flexibility index (Phi) is 3.83. The smallest absolute Gasteiger partial charge is 0.121 e. The maximum absolute atomic E-state index is 8.44. The predicted molar refractivity (Wildman–Crippen MR) is 70.5 cm³/mol. The van der Waals surface area contributed by atoms with Crippen LogP contribution in [0.4, 0.5) is 0 Å². The Labute approximate surface area is 107 Å². The first-order valence-electron chi connectivity index (χ1n) is 6.20. The molecule has 0 amide bonds. The molecular weight excluding hydrogens is 226 g/mol. The zero-order valence-electron chi connectivity index (χ0n) is 10.7. The summed E-state index contributed by atoms with van der Waals surface area (Å²) in [6.45, 7) is 4.79. The number of H-pyrrole nitrogens is 1. The molecule has 2 aromatic rings. The molecule has 94 valence electrons. The zero-order valence-corrected chi connectivity index (χ0v) is 10.7. The molecule has 1 aromatic carbocycles. The SMILES string of the molecule is CC(C)c1nc2ccc(OCCCC#N)cc2[nH]1. The first-order valence-corrected chi connectivity index (χ1v) is 6.20. The van der Waals surface area contributed by atoms with Gasteiger partial charge in [-0.3, -0.25) is 0 Å². The molecule has 4 heteroatoms. The van der Waals surface area contributed by atoms with Crippen molar-refractivity contribution in [3.8, 4) is 11.8 Å². The molecule has 2 rings (SSSR count). The zero-order chi connectivity index (χ0) is 13.0. The van der Waals surface area contributed by atoms with Crippen LogP contribution in [0.15, 0.2) is 18.2 Å². The summed E-state index contributed by atoms with van der Waals surface area (Å²) in [5, 5.41) is 8.44. The van der Waals surface area contributed by atoms with E-state index in [1.54, 1.807) is 0 Å². The summed E-state index contributed by atoms with van der Waals surface area (Å²) in [7, 11) is 0. The van der Waals surface area contributed by atoms with Gasteiger partial charge in [-0.15, -0.1) is 0 Å². The third-order valence-electron chi connectivity index (χ3n) is 2.72. The molecule has 0 aliphatic carbocycles. The summed E-state index contributed by atoms with van der Waals surface area (Å²) in [6, 6.07) is 7.93. The number of nitriles is 1. The van der Waals surface area contributed by atoms with Crippen molar-refractivity contribution in [2.45, 2.75) is 32.6 Å². The Balaban J connectivity index is 2.10. The van der Waals surface area contributed by atoms with Gasteiger partial charge >= 0.3 is 0 Å². The van der Waals surface area contributed by atoms with Crippen molar-refractivity contribution in [1.82, 2.24) is 9.97 Å². The lowest BCUT2D eigenvalue weighted by Crippen LogP contribution is -1.96. The predicted octanol–water partition coefficient (Wildman–Crippen LogP) is 3.37. The standard InChI is InChI=1S/C14H17N3O/c1-10(2)14-16-12-6-5-11(9-13(12)17-14)18-8-4-3-7-15/h5-6,9-10H,3-4,8H2,1-2H3,(H,16,17). The highest BCUT2D eigenvalue weighted by molar-refractivity contribution is 5.76. The molecule has 0 aliphatic heterocycles. The van der Waals surface area contributed by atoms with E-state index < -0.39 is 0 Å². The maximum atomic E-state index is 8.44. The Bertz CT molecular complexity index is 566. The van der Waals surface area contributed by atoms with Crippen molar-refractivity contribution in [2.75, 3.05) is 6.61 Å². The number of hydrogen-bond acceptors (Lipinski definition) is 3. The molecule has 0 bridgehead atoms. The van der Waals surface area contributed by atoms with E-state index in [4.69, 9.17) is 10.00 Å². The highest BCUT2D eigenvalue weighted by Crippen LogP contribution is 2.21. The Morgan fingerprint density at radius 3 is 3.00 bits per heavy atom. The number of unbranched alkanes of at least 4 members (excludes halogenated alkanes) is 1. The maximum Gasteiger partial charge on any atom is 0.121 e. The summed E-state index contributed by atoms with van der Waals surface area (Å²) < 4.78 is 5.59. The molecule has 1 N–H and O–H groups in total. The number of ether oxygens (including phenoxy) is 1. The second kappa shape index (κ2) is 5.54. The molecule has 0 saturated carbocycles. The highest BCUT2D eigenvalue weighted by atomic mass is 16.5.